The third kappa shape index (κ3) is 4.63. The average Bonchev–Trinajstić information content (AvgIpc) is 3.42. The molecule has 1 saturated heterocycles. The third-order valence-corrected chi connectivity index (χ3v) is 5.98. The lowest BCUT2D eigenvalue weighted by Gasteiger charge is -2.26. The molecule has 0 aliphatic carbocycles. The van der Waals surface area contributed by atoms with Crippen LogP contribution in [-0.2, 0) is 11.3 Å². The van der Waals surface area contributed by atoms with Crippen LogP contribution in [-0.4, -0.2) is 58.9 Å². The van der Waals surface area contributed by atoms with E-state index in [-0.39, 0.29) is 18.1 Å². The number of aryl methyl sites for hydroxylation is 1. The highest BCUT2D eigenvalue weighted by Gasteiger charge is 2.26. The molecule has 3 heterocycles. The molecule has 4 rings (SSSR count). The Labute approximate surface area is 190 Å². The van der Waals surface area contributed by atoms with Gasteiger partial charge in [0.05, 0.1) is 23.3 Å². The molecule has 3 aromatic rings. The minimum Gasteiger partial charge on any atom is -0.378 e. The van der Waals surface area contributed by atoms with Gasteiger partial charge in [-0.3, -0.25) is 4.79 Å². The van der Waals surface area contributed by atoms with Crippen LogP contribution < -0.4 is 4.90 Å². The van der Waals surface area contributed by atoms with Gasteiger partial charge in [0.2, 0.25) is 0 Å². The summed E-state index contributed by atoms with van der Waals surface area (Å²) in [6.45, 7) is 7.95. The summed E-state index contributed by atoms with van der Waals surface area (Å²) in [6, 6.07) is 10.4. The number of anilines is 1. The molecule has 1 fully saturated rings. The van der Waals surface area contributed by atoms with Crippen molar-refractivity contribution < 1.29 is 9.53 Å². The molecule has 32 heavy (non-hydrogen) atoms. The number of benzene rings is 1. The fraction of sp³-hybridized carbons (Fsp3) is 0.480. The monoisotopic (exact) mass is 435 g/mol. The van der Waals surface area contributed by atoms with E-state index in [0.29, 0.717) is 18.7 Å². The van der Waals surface area contributed by atoms with Crippen LogP contribution in [0.5, 0.6) is 0 Å². The van der Waals surface area contributed by atoms with Crippen molar-refractivity contribution in [3.63, 3.8) is 0 Å². The van der Waals surface area contributed by atoms with Crippen LogP contribution in [0.2, 0.25) is 0 Å². The zero-order valence-electron chi connectivity index (χ0n) is 19.7. The Kier molecular flexibility index (Phi) is 6.46. The Bertz CT molecular complexity index is 1080. The Morgan fingerprint density at radius 3 is 2.62 bits per heavy atom. The first-order valence-corrected chi connectivity index (χ1v) is 11.4. The molecule has 7 heteroatoms. The molecule has 1 aliphatic rings. The summed E-state index contributed by atoms with van der Waals surface area (Å²) in [7, 11) is 4.05. The van der Waals surface area contributed by atoms with Crippen LogP contribution >= 0.6 is 0 Å². The number of hydrogen-bond donors (Lipinski definition) is 0. The first kappa shape index (κ1) is 22.3. The maximum atomic E-state index is 13.9. The molecule has 0 spiro atoms. The largest absolute Gasteiger partial charge is 0.378 e. The number of fused-ring (bicyclic) bond motifs is 1. The van der Waals surface area contributed by atoms with E-state index in [9.17, 15) is 4.79 Å². The lowest BCUT2D eigenvalue weighted by atomic mass is 10.1. The standard InChI is InChI=1S/C25H33N5O2/c1-17(2)30-24-23(14-26-30)22(13-18(3)27-24)25(31)29(16-21-7-6-12-32-21)15-19-8-10-20(11-9-19)28(4)5/h8-11,13-14,17,21H,6-7,12,15-16H2,1-5H3. The number of pyridine rings is 1. The number of carbonyl (C=O) groups is 1. The Morgan fingerprint density at radius 2 is 2.00 bits per heavy atom. The van der Waals surface area contributed by atoms with E-state index in [1.807, 2.05) is 36.7 Å². The quantitative estimate of drug-likeness (QED) is 0.556. The highest BCUT2D eigenvalue weighted by molar-refractivity contribution is 6.05. The molecule has 170 valence electrons. The molecule has 1 atom stereocenters. The molecular weight excluding hydrogens is 402 g/mol. The summed E-state index contributed by atoms with van der Waals surface area (Å²) >= 11 is 0. The van der Waals surface area contributed by atoms with Gasteiger partial charge in [-0.05, 0) is 57.4 Å². The summed E-state index contributed by atoms with van der Waals surface area (Å²) < 4.78 is 7.75. The second kappa shape index (κ2) is 9.28. The van der Waals surface area contributed by atoms with Gasteiger partial charge in [-0.1, -0.05) is 12.1 Å². The summed E-state index contributed by atoms with van der Waals surface area (Å²) in [5, 5.41) is 5.31. The molecule has 0 saturated carbocycles. The maximum Gasteiger partial charge on any atom is 0.255 e. The average molecular weight is 436 g/mol. The summed E-state index contributed by atoms with van der Waals surface area (Å²) in [4.78, 5) is 22.5. The SMILES string of the molecule is Cc1cc(C(=O)N(Cc2ccc(N(C)C)cc2)CC2CCCO2)c2cnn(C(C)C)c2n1. The topological polar surface area (TPSA) is 63.5 Å². The van der Waals surface area contributed by atoms with Gasteiger partial charge >= 0.3 is 0 Å². The van der Waals surface area contributed by atoms with Crippen molar-refractivity contribution in [1.29, 1.82) is 0 Å². The minimum atomic E-state index is -0.00371. The molecular formula is C25H33N5O2. The van der Waals surface area contributed by atoms with Crippen LogP contribution in [0.4, 0.5) is 5.69 Å². The molecule has 1 unspecified atom stereocenters. The molecule has 0 bridgehead atoms. The fourth-order valence-corrected chi connectivity index (χ4v) is 4.24. The normalized spacial score (nSPS) is 16.1. The molecule has 1 aliphatic heterocycles. The van der Waals surface area contributed by atoms with E-state index < -0.39 is 0 Å². The lowest BCUT2D eigenvalue weighted by molar-refractivity contribution is 0.0508. The van der Waals surface area contributed by atoms with Gasteiger partial charge in [0.1, 0.15) is 0 Å². The van der Waals surface area contributed by atoms with Crippen LogP contribution in [0.15, 0.2) is 36.5 Å². The van der Waals surface area contributed by atoms with Gasteiger partial charge in [0.25, 0.3) is 5.91 Å². The number of ether oxygens (including phenoxy) is 1. The molecule has 1 amide bonds. The van der Waals surface area contributed by atoms with Gasteiger partial charge in [0.15, 0.2) is 5.65 Å². The molecule has 0 N–H and O–H groups in total. The number of carbonyl (C=O) groups excluding carboxylic acids is 1. The van der Waals surface area contributed by atoms with Crippen molar-refractivity contribution in [3.8, 4) is 0 Å². The number of amides is 1. The Balaban J connectivity index is 1.68. The van der Waals surface area contributed by atoms with E-state index in [0.717, 1.165) is 47.4 Å². The Morgan fingerprint density at radius 1 is 1.25 bits per heavy atom. The van der Waals surface area contributed by atoms with E-state index in [2.05, 4.69) is 53.1 Å². The van der Waals surface area contributed by atoms with E-state index in [4.69, 9.17) is 4.74 Å². The number of aromatic nitrogens is 3. The minimum absolute atomic E-state index is 0.00371. The predicted octanol–water partition coefficient (Wildman–Crippen LogP) is 4.21. The van der Waals surface area contributed by atoms with Crippen LogP contribution in [0.1, 0.15) is 54.3 Å². The van der Waals surface area contributed by atoms with Gasteiger partial charge in [-0.25, -0.2) is 9.67 Å². The van der Waals surface area contributed by atoms with Crippen LogP contribution in [0, 0.1) is 6.92 Å². The fourth-order valence-electron chi connectivity index (χ4n) is 4.24. The Hall–Kier alpha value is -2.93. The number of nitrogens with zero attached hydrogens (tertiary/aromatic N) is 5. The maximum absolute atomic E-state index is 13.9. The van der Waals surface area contributed by atoms with Crippen molar-refractivity contribution >= 4 is 22.6 Å². The third-order valence-electron chi connectivity index (χ3n) is 5.98. The van der Waals surface area contributed by atoms with Crippen LogP contribution in [0.25, 0.3) is 11.0 Å². The molecule has 0 radical (unpaired) electrons. The van der Waals surface area contributed by atoms with Gasteiger partial charge in [-0.15, -0.1) is 0 Å². The predicted molar refractivity (Wildman–Crippen MR) is 127 cm³/mol. The second-order valence-corrected chi connectivity index (χ2v) is 9.11. The smallest absolute Gasteiger partial charge is 0.255 e. The van der Waals surface area contributed by atoms with Crippen molar-refractivity contribution in [2.45, 2.75) is 52.3 Å². The van der Waals surface area contributed by atoms with Gasteiger partial charge in [0, 0.05) is 51.2 Å². The first-order chi connectivity index (χ1) is 15.3. The highest BCUT2D eigenvalue weighted by atomic mass is 16.5. The van der Waals surface area contributed by atoms with E-state index >= 15 is 0 Å². The van der Waals surface area contributed by atoms with Crippen molar-refractivity contribution in [3.05, 3.63) is 53.3 Å². The van der Waals surface area contributed by atoms with Gasteiger partial charge < -0.3 is 14.5 Å². The summed E-state index contributed by atoms with van der Waals surface area (Å²) in [6.07, 6.45) is 3.88. The number of hydrogen-bond acceptors (Lipinski definition) is 5. The van der Waals surface area contributed by atoms with E-state index in [1.165, 1.54) is 0 Å². The van der Waals surface area contributed by atoms with Crippen molar-refractivity contribution in [1.82, 2.24) is 19.7 Å². The molecule has 2 aromatic heterocycles. The highest BCUT2D eigenvalue weighted by Crippen LogP contribution is 2.25. The van der Waals surface area contributed by atoms with Crippen LogP contribution in [0.3, 0.4) is 0 Å². The molecule has 7 nitrogen and oxygen atoms in total. The number of rotatable bonds is 7. The molecule has 1 aromatic carbocycles. The summed E-state index contributed by atoms with van der Waals surface area (Å²) in [5.74, 6) is -0.00371. The zero-order chi connectivity index (χ0) is 22.8. The second-order valence-electron chi connectivity index (χ2n) is 9.11. The zero-order valence-corrected chi connectivity index (χ0v) is 19.7. The van der Waals surface area contributed by atoms with Crippen molar-refractivity contribution in [2.24, 2.45) is 0 Å². The lowest BCUT2D eigenvalue weighted by Crippen LogP contribution is -2.37. The van der Waals surface area contributed by atoms with E-state index in [1.54, 1.807) is 6.20 Å². The van der Waals surface area contributed by atoms with Gasteiger partial charge in [-0.2, -0.15) is 5.10 Å². The van der Waals surface area contributed by atoms with Crippen molar-refractivity contribution in [2.75, 3.05) is 32.1 Å². The summed E-state index contributed by atoms with van der Waals surface area (Å²) in [5.41, 5.74) is 4.47. The first-order valence-electron chi connectivity index (χ1n) is 11.4.